The summed E-state index contributed by atoms with van der Waals surface area (Å²) in [5.74, 6) is 0. The standard InChI is InChI=1S/C6H4ClIN2/c7-6(4-9)5(8)2-1-3-10-6/h1-3,10H. The molecule has 0 radical (unpaired) electrons. The topological polar surface area (TPSA) is 35.8 Å². The van der Waals surface area contributed by atoms with Gasteiger partial charge in [0.2, 0.25) is 5.00 Å². The Balaban J connectivity index is 2.95. The summed E-state index contributed by atoms with van der Waals surface area (Å²) in [4.78, 5) is -1.03. The second-order valence-corrected chi connectivity index (χ2v) is 3.52. The highest BCUT2D eigenvalue weighted by molar-refractivity contribution is 14.1. The Morgan fingerprint density at radius 3 is 2.90 bits per heavy atom. The lowest BCUT2D eigenvalue weighted by Crippen LogP contribution is -2.36. The van der Waals surface area contributed by atoms with E-state index in [0.717, 1.165) is 3.58 Å². The minimum atomic E-state index is -1.03. The van der Waals surface area contributed by atoms with E-state index in [1.54, 1.807) is 18.4 Å². The zero-order chi connectivity index (χ0) is 7.61. The van der Waals surface area contributed by atoms with E-state index in [9.17, 15) is 0 Å². The second-order valence-electron chi connectivity index (χ2n) is 1.79. The van der Waals surface area contributed by atoms with Gasteiger partial charge >= 0.3 is 0 Å². The van der Waals surface area contributed by atoms with Gasteiger partial charge in [-0.1, -0.05) is 11.6 Å². The normalized spacial score (nSPS) is 30.3. The Kier molecular flexibility index (Phi) is 2.21. The average molecular weight is 266 g/mol. The summed E-state index contributed by atoms with van der Waals surface area (Å²) in [7, 11) is 0. The molecule has 0 aromatic carbocycles. The summed E-state index contributed by atoms with van der Waals surface area (Å²) in [5.41, 5.74) is 0. The molecule has 0 aliphatic carbocycles. The van der Waals surface area contributed by atoms with Gasteiger partial charge in [0.05, 0.1) is 0 Å². The Morgan fingerprint density at radius 1 is 1.80 bits per heavy atom. The highest BCUT2D eigenvalue weighted by Gasteiger charge is 2.29. The average Bonchev–Trinajstić information content (AvgIpc) is 1.96. The Morgan fingerprint density at radius 2 is 2.50 bits per heavy atom. The van der Waals surface area contributed by atoms with Crippen LogP contribution in [0, 0.1) is 11.3 Å². The van der Waals surface area contributed by atoms with Gasteiger partial charge in [-0.25, -0.2) is 0 Å². The molecule has 0 aromatic heterocycles. The van der Waals surface area contributed by atoms with Gasteiger partial charge < -0.3 is 5.32 Å². The molecule has 4 heteroatoms. The number of nitrogens with one attached hydrogen (secondary N) is 1. The lowest BCUT2D eigenvalue weighted by Gasteiger charge is -2.20. The molecule has 1 heterocycles. The van der Waals surface area contributed by atoms with Crippen molar-refractivity contribution in [2.75, 3.05) is 0 Å². The van der Waals surface area contributed by atoms with E-state index in [2.05, 4.69) is 5.32 Å². The third-order valence-electron chi connectivity index (χ3n) is 1.10. The van der Waals surface area contributed by atoms with Gasteiger partial charge in [0, 0.05) is 3.58 Å². The summed E-state index contributed by atoms with van der Waals surface area (Å²) in [6.07, 6.45) is 5.26. The smallest absolute Gasteiger partial charge is 0.231 e. The zero-order valence-corrected chi connectivity index (χ0v) is 7.85. The van der Waals surface area contributed by atoms with E-state index in [-0.39, 0.29) is 0 Å². The molecule has 1 aliphatic heterocycles. The van der Waals surface area contributed by atoms with Gasteiger partial charge in [-0.05, 0) is 40.9 Å². The van der Waals surface area contributed by atoms with Crippen LogP contribution in [-0.4, -0.2) is 5.00 Å². The highest BCUT2D eigenvalue weighted by Crippen LogP contribution is 2.28. The number of halogens is 2. The fraction of sp³-hybridized carbons (Fsp3) is 0.167. The van der Waals surface area contributed by atoms with Crippen LogP contribution in [0.15, 0.2) is 21.9 Å². The van der Waals surface area contributed by atoms with Crippen molar-refractivity contribution < 1.29 is 0 Å². The van der Waals surface area contributed by atoms with Crippen LogP contribution in [0.3, 0.4) is 0 Å². The predicted molar refractivity (Wildman–Crippen MR) is 48.6 cm³/mol. The van der Waals surface area contributed by atoms with E-state index >= 15 is 0 Å². The first-order chi connectivity index (χ1) is 4.69. The second kappa shape index (κ2) is 2.81. The maximum atomic E-state index is 8.60. The number of hydrogen-bond acceptors (Lipinski definition) is 2. The number of nitriles is 1. The van der Waals surface area contributed by atoms with Crippen LogP contribution < -0.4 is 5.32 Å². The van der Waals surface area contributed by atoms with Crippen LogP contribution >= 0.6 is 34.2 Å². The third kappa shape index (κ3) is 1.27. The summed E-state index contributed by atoms with van der Waals surface area (Å²) in [5, 5.41) is 11.3. The van der Waals surface area contributed by atoms with Gasteiger partial charge in [0.15, 0.2) is 0 Å². The van der Waals surface area contributed by atoms with Crippen molar-refractivity contribution in [2.24, 2.45) is 0 Å². The molecular weight excluding hydrogens is 262 g/mol. The molecule has 0 saturated heterocycles. The number of hydrogen-bond donors (Lipinski definition) is 1. The number of allylic oxidation sites excluding steroid dienone is 2. The molecule has 1 aliphatic rings. The molecule has 0 amide bonds. The van der Waals surface area contributed by atoms with Gasteiger partial charge in [0.25, 0.3) is 0 Å². The van der Waals surface area contributed by atoms with Crippen LogP contribution in [0.4, 0.5) is 0 Å². The van der Waals surface area contributed by atoms with Crippen molar-refractivity contribution in [2.45, 2.75) is 5.00 Å². The molecule has 1 rings (SSSR count). The van der Waals surface area contributed by atoms with Crippen LogP contribution in [0.2, 0.25) is 0 Å². The number of nitrogens with zero attached hydrogens (tertiary/aromatic N) is 1. The minimum absolute atomic E-state index is 0.789. The summed E-state index contributed by atoms with van der Waals surface area (Å²) in [6, 6.07) is 1.96. The van der Waals surface area contributed by atoms with Crippen molar-refractivity contribution in [3.8, 4) is 6.07 Å². The predicted octanol–water partition coefficient (Wildman–Crippen LogP) is 1.88. The monoisotopic (exact) mass is 266 g/mol. The van der Waals surface area contributed by atoms with E-state index in [0.29, 0.717) is 0 Å². The Labute approximate surface area is 77.7 Å². The maximum Gasteiger partial charge on any atom is 0.231 e. The van der Waals surface area contributed by atoms with Gasteiger partial charge in [0.1, 0.15) is 6.07 Å². The molecule has 0 bridgehead atoms. The van der Waals surface area contributed by atoms with E-state index in [4.69, 9.17) is 16.9 Å². The zero-order valence-electron chi connectivity index (χ0n) is 4.94. The minimum Gasteiger partial charge on any atom is -0.357 e. The van der Waals surface area contributed by atoms with Crippen LogP contribution in [0.25, 0.3) is 0 Å². The molecule has 52 valence electrons. The number of alkyl halides is 1. The van der Waals surface area contributed by atoms with Crippen LogP contribution in [-0.2, 0) is 0 Å². The fourth-order valence-electron chi connectivity index (χ4n) is 0.565. The molecule has 0 spiro atoms. The quantitative estimate of drug-likeness (QED) is 0.413. The Hall–Kier alpha value is -0.210. The lowest BCUT2D eigenvalue weighted by molar-refractivity contribution is 0.763. The molecule has 0 saturated carbocycles. The molecule has 10 heavy (non-hydrogen) atoms. The lowest BCUT2D eigenvalue weighted by atomic mass is 10.2. The summed E-state index contributed by atoms with van der Waals surface area (Å²) >= 11 is 7.84. The SMILES string of the molecule is N#CC1(Cl)NC=CC=C1I. The largest absolute Gasteiger partial charge is 0.357 e. The first-order valence-corrected chi connectivity index (χ1v) is 4.05. The number of dihydropyridines is 1. The summed E-state index contributed by atoms with van der Waals surface area (Å²) in [6.45, 7) is 0. The number of rotatable bonds is 0. The van der Waals surface area contributed by atoms with Crippen molar-refractivity contribution in [3.63, 3.8) is 0 Å². The molecule has 1 atom stereocenters. The van der Waals surface area contributed by atoms with Crippen molar-refractivity contribution in [3.05, 3.63) is 21.9 Å². The third-order valence-corrected chi connectivity index (χ3v) is 2.99. The molecule has 0 fully saturated rings. The Bertz CT molecular complexity index is 241. The van der Waals surface area contributed by atoms with Gasteiger partial charge in [-0.2, -0.15) is 5.26 Å². The van der Waals surface area contributed by atoms with E-state index in [1.807, 2.05) is 28.7 Å². The fourth-order valence-corrected chi connectivity index (χ4v) is 1.17. The van der Waals surface area contributed by atoms with E-state index < -0.39 is 5.00 Å². The first-order valence-electron chi connectivity index (χ1n) is 2.60. The highest BCUT2D eigenvalue weighted by atomic mass is 127. The molecule has 2 nitrogen and oxygen atoms in total. The maximum absolute atomic E-state index is 8.60. The van der Waals surface area contributed by atoms with Crippen molar-refractivity contribution in [1.29, 1.82) is 5.26 Å². The molecular formula is C6H4ClIN2. The van der Waals surface area contributed by atoms with Crippen LogP contribution in [0.1, 0.15) is 0 Å². The van der Waals surface area contributed by atoms with Crippen molar-refractivity contribution >= 4 is 34.2 Å². The first kappa shape index (κ1) is 7.89. The van der Waals surface area contributed by atoms with Gasteiger partial charge in [-0.15, -0.1) is 0 Å². The molecule has 0 aromatic rings. The molecule has 1 N–H and O–H groups in total. The van der Waals surface area contributed by atoms with Gasteiger partial charge in [-0.3, -0.25) is 0 Å². The van der Waals surface area contributed by atoms with Crippen LogP contribution in [0.5, 0.6) is 0 Å². The van der Waals surface area contributed by atoms with E-state index in [1.165, 1.54) is 0 Å². The summed E-state index contributed by atoms with van der Waals surface area (Å²) < 4.78 is 0.789. The molecule has 1 unspecified atom stereocenters. The van der Waals surface area contributed by atoms with Crippen molar-refractivity contribution in [1.82, 2.24) is 5.32 Å².